The lowest BCUT2D eigenvalue weighted by Gasteiger charge is -2.42. The standard InChI is InChI=1S/C22H28N4O2/c1-15(21(27)26-20-11-10-18(24)19(14-23)25-20)22(12-4-3-5-13-22)16-6-8-17(28-2)9-7-16/h6-11,14-15,23H,3-5,12-13,24H2,1-2H3,(H,25,26,27). The van der Waals surface area contributed by atoms with Crippen molar-refractivity contribution in [2.45, 2.75) is 44.4 Å². The number of amides is 1. The number of anilines is 2. The maximum absolute atomic E-state index is 13.1. The van der Waals surface area contributed by atoms with Gasteiger partial charge in [-0.25, -0.2) is 4.98 Å². The molecule has 6 heteroatoms. The summed E-state index contributed by atoms with van der Waals surface area (Å²) >= 11 is 0. The van der Waals surface area contributed by atoms with E-state index in [1.165, 1.54) is 12.0 Å². The van der Waals surface area contributed by atoms with Crippen molar-refractivity contribution in [3.8, 4) is 5.75 Å². The van der Waals surface area contributed by atoms with Gasteiger partial charge in [-0.05, 0) is 42.7 Å². The van der Waals surface area contributed by atoms with Crippen LogP contribution in [0.4, 0.5) is 11.5 Å². The van der Waals surface area contributed by atoms with Gasteiger partial charge in [-0.15, -0.1) is 0 Å². The van der Waals surface area contributed by atoms with Crippen LogP contribution in [0.25, 0.3) is 0 Å². The van der Waals surface area contributed by atoms with Crippen molar-refractivity contribution in [3.63, 3.8) is 0 Å². The molecule has 1 aliphatic carbocycles. The molecule has 0 spiro atoms. The smallest absolute Gasteiger partial charge is 0.229 e. The summed E-state index contributed by atoms with van der Waals surface area (Å²) in [6.45, 7) is 2.00. The Labute approximate surface area is 166 Å². The van der Waals surface area contributed by atoms with Crippen LogP contribution in [-0.2, 0) is 10.2 Å². The number of nitrogen functional groups attached to an aromatic ring is 1. The van der Waals surface area contributed by atoms with Crippen molar-refractivity contribution in [3.05, 3.63) is 47.7 Å². The molecule has 1 unspecified atom stereocenters. The van der Waals surface area contributed by atoms with Gasteiger partial charge in [0, 0.05) is 17.5 Å². The maximum Gasteiger partial charge on any atom is 0.229 e. The molecular weight excluding hydrogens is 352 g/mol. The van der Waals surface area contributed by atoms with Gasteiger partial charge < -0.3 is 21.2 Å². The number of nitrogens with one attached hydrogen (secondary N) is 2. The van der Waals surface area contributed by atoms with E-state index in [-0.39, 0.29) is 17.2 Å². The molecule has 28 heavy (non-hydrogen) atoms. The molecule has 1 amide bonds. The van der Waals surface area contributed by atoms with E-state index in [9.17, 15) is 4.79 Å². The maximum atomic E-state index is 13.1. The lowest BCUT2D eigenvalue weighted by atomic mass is 9.62. The van der Waals surface area contributed by atoms with Crippen molar-refractivity contribution >= 4 is 23.6 Å². The first-order chi connectivity index (χ1) is 13.5. The molecule has 3 rings (SSSR count). The van der Waals surface area contributed by atoms with Crippen LogP contribution in [-0.4, -0.2) is 24.2 Å². The van der Waals surface area contributed by atoms with Crippen LogP contribution in [0.2, 0.25) is 0 Å². The van der Waals surface area contributed by atoms with Crippen molar-refractivity contribution in [2.24, 2.45) is 5.92 Å². The Morgan fingerprint density at radius 2 is 1.89 bits per heavy atom. The Balaban J connectivity index is 1.87. The van der Waals surface area contributed by atoms with Crippen molar-refractivity contribution in [1.82, 2.24) is 4.98 Å². The minimum absolute atomic E-state index is 0.0640. The first-order valence-corrected chi connectivity index (χ1v) is 9.72. The summed E-state index contributed by atoms with van der Waals surface area (Å²) < 4.78 is 5.29. The minimum atomic E-state index is -0.219. The van der Waals surface area contributed by atoms with Gasteiger partial charge in [0.25, 0.3) is 0 Å². The zero-order chi connectivity index (χ0) is 20.1. The van der Waals surface area contributed by atoms with Crippen molar-refractivity contribution < 1.29 is 9.53 Å². The Morgan fingerprint density at radius 3 is 2.50 bits per heavy atom. The van der Waals surface area contributed by atoms with E-state index in [2.05, 4.69) is 22.4 Å². The molecule has 1 aliphatic rings. The molecule has 148 valence electrons. The van der Waals surface area contributed by atoms with Gasteiger partial charge in [0.1, 0.15) is 17.3 Å². The highest BCUT2D eigenvalue weighted by molar-refractivity contribution is 5.93. The molecule has 4 N–H and O–H groups in total. The average molecular weight is 380 g/mol. The van der Waals surface area contributed by atoms with Crippen LogP contribution in [0.5, 0.6) is 5.75 Å². The third kappa shape index (κ3) is 3.86. The van der Waals surface area contributed by atoms with Crippen LogP contribution in [0.15, 0.2) is 36.4 Å². The number of benzene rings is 1. The van der Waals surface area contributed by atoms with Crippen LogP contribution in [0.3, 0.4) is 0 Å². The van der Waals surface area contributed by atoms with E-state index in [0.29, 0.717) is 17.2 Å². The number of aromatic nitrogens is 1. The van der Waals surface area contributed by atoms with Crippen LogP contribution >= 0.6 is 0 Å². The first kappa shape index (κ1) is 19.9. The molecule has 1 heterocycles. The van der Waals surface area contributed by atoms with Gasteiger partial charge in [0.05, 0.1) is 12.8 Å². The van der Waals surface area contributed by atoms with Gasteiger partial charge in [-0.3, -0.25) is 4.79 Å². The molecule has 0 bridgehead atoms. The zero-order valence-electron chi connectivity index (χ0n) is 16.5. The highest BCUT2D eigenvalue weighted by Crippen LogP contribution is 2.45. The molecular formula is C22H28N4O2. The van der Waals surface area contributed by atoms with Gasteiger partial charge in [-0.1, -0.05) is 38.3 Å². The fraction of sp³-hybridized carbons (Fsp3) is 0.409. The van der Waals surface area contributed by atoms with E-state index >= 15 is 0 Å². The molecule has 1 saturated carbocycles. The second-order valence-corrected chi connectivity index (χ2v) is 7.47. The van der Waals surface area contributed by atoms with E-state index in [4.69, 9.17) is 15.9 Å². The fourth-order valence-corrected chi connectivity index (χ4v) is 4.23. The van der Waals surface area contributed by atoms with Crippen molar-refractivity contribution in [1.29, 1.82) is 5.41 Å². The van der Waals surface area contributed by atoms with E-state index in [0.717, 1.165) is 37.6 Å². The number of rotatable bonds is 6. The Kier molecular flexibility index (Phi) is 5.97. The monoisotopic (exact) mass is 380 g/mol. The van der Waals surface area contributed by atoms with E-state index < -0.39 is 0 Å². The second-order valence-electron chi connectivity index (χ2n) is 7.47. The van der Waals surface area contributed by atoms with Crippen molar-refractivity contribution in [2.75, 3.05) is 18.2 Å². The summed E-state index contributed by atoms with van der Waals surface area (Å²) in [6.07, 6.45) is 6.48. The number of pyridine rings is 1. The summed E-state index contributed by atoms with van der Waals surface area (Å²) in [5.74, 6) is 0.956. The average Bonchev–Trinajstić information content (AvgIpc) is 2.75. The summed E-state index contributed by atoms with van der Waals surface area (Å²) in [5.41, 5.74) is 7.55. The van der Waals surface area contributed by atoms with Crippen LogP contribution < -0.4 is 15.8 Å². The molecule has 2 aromatic rings. The normalized spacial score (nSPS) is 16.8. The van der Waals surface area contributed by atoms with Gasteiger partial charge in [0.2, 0.25) is 5.91 Å². The lowest BCUT2D eigenvalue weighted by molar-refractivity contribution is -0.122. The summed E-state index contributed by atoms with van der Waals surface area (Å²) in [7, 11) is 1.66. The molecule has 1 fully saturated rings. The number of carbonyl (C=O) groups is 1. The number of methoxy groups -OCH3 is 1. The predicted molar refractivity (Wildman–Crippen MR) is 112 cm³/mol. The number of nitrogens with two attached hydrogens (primary N) is 1. The topological polar surface area (TPSA) is 101 Å². The molecule has 1 atom stereocenters. The molecule has 6 nitrogen and oxygen atoms in total. The molecule has 0 aliphatic heterocycles. The fourth-order valence-electron chi connectivity index (χ4n) is 4.23. The molecule has 1 aromatic carbocycles. The third-order valence-corrected chi connectivity index (χ3v) is 5.98. The largest absolute Gasteiger partial charge is 0.497 e. The van der Waals surface area contributed by atoms with Crippen LogP contribution in [0, 0.1) is 11.3 Å². The third-order valence-electron chi connectivity index (χ3n) is 5.98. The molecule has 0 saturated heterocycles. The quantitative estimate of drug-likeness (QED) is 0.655. The first-order valence-electron chi connectivity index (χ1n) is 9.72. The highest BCUT2D eigenvalue weighted by atomic mass is 16.5. The van der Waals surface area contributed by atoms with E-state index in [1.54, 1.807) is 19.2 Å². The minimum Gasteiger partial charge on any atom is -0.497 e. The number of hydrogen-bond donors (Lipinski definition) is 3. The molecule has 1 aromatic heterocycles. The van der Waals surface area contributed by atoms with Crippen LogP contribution in [0.1, 0.15) is 50.3 Å². The number of hydrogen-bond acceptors (Lipinski definition) is 5. The lowest BCUT2D eigenvalue weighted by Crippen LogP contribution is -2.42. The molecule has 0 radical (unpaired) electrons. The summed E-state index contributed by atoms with van der Waals surface area (Å²) in [6, 6.07) is 11.4. The number of carbonyl (C=O) groups excluding carboxylic acids is 1. The Bertz CT molecular complexity index is 842. The highest BCUT2D eigenvalue weighted by Gasteiger charge is 2.42. The number of ether oxygens (including phenoxy) is 1. The summed E-state index contributed by atoms with van der Waals surface area (Å²) in [5, 5.41) is 10.3. The second kappa shape index (κ2) is 8.42. The Morgan fingerprint density at radius 1 is 1.21 bits per heavy atom. The SMILES string of the molecule is COc1ccc(C2(C(C)C(=O)Nc3ccc(N)c(C=N)n3)CCCCC2)cc1. The number of nitrogens with zero attached hydrogens (tertiary/aromatic N) is 1. The predicted octanol–water partition coefficient (Wildman–Crippen LogP) is 4.15. The zero-order valence-corrected chi connectivity index (χ0v) is 16.5. The van der Waals surface area contributed by atoms with Gasteiger partial charge in [0.15, 0.2) is 0 Å². The Hall–Kier alpha value is -2.89. The van der Waals surface area contributed by atoms with Gasteiger partial charge >= 0.3 is 0 Å². The van der Waals surface area contributed by atoms with E-state index in [1.807, 2.05) is 19.1 Å². The van der Waals surface area contributed by atoms with Gasteiger partial charge in [-0.2, -0.15) is 0 Å². The summed E-state index contributed by atoms with van der Waals surface area (Å²) in [4.78, 5) is 17.4.